The van der Waals surface area contributed by atoms with Gasteiger partial charge in [-0.15, -0.1) is 0 Å². The quantitative estimate of drug-likeness (QED) is 0.229. The van der Waals surface area contributed by atoms with Crippen molar-refractivity contribution in [2.45, 2.75) is 71.8 Å². The van der Waals surface area contributed by atoms with Gasteiger partial charge in [-0.3, -0.25) is 14.9 Å². The number of carbonyl (C=O) groups excluding carboxylic acids is 2. The van der Waals surface area contributed by atoms with Gasteiger partial charge < -0.3 is 4.74 Å². The largest absolute Gasteiger partial charge is 0.458 e. The zero-order chi connectivity index (χ0) is 24.3. The number of nitrogens with zero attached hydrogens (tertiary/aromatic N) is 1. The lowest BCUT2D eigenvalue weighted by Gasteiger charge is -2.57. The molecule has 0 aliphatic heterocycles. The summed E-state index contributed by atoms with van der Waals surface area (Å²) in [6.45, 7) is 6.39. The number of rotatable bonds is 4. The smallest absolute Gasteiger partial charge is 0.345 e. The molecule has 4 aliphatic carbocycles. The summed E-state index contributed by atoms with van der Waals surface area (Å²) in [6.07, 6.45) is 10.9. The van der Waals surface area contributed by atoms with Crippen molar-refractivity contribution in [1.29, 1.82) is 0 Å². The molecule has 5 rings (SSSR count). The zero-order valence-corrected chi connectivity index (χ0v) is 20.2. The maximum Gasteiger partial charge on any atom is 0.345 e. The van der Waals surface area contributed by atoms with Gasteiger partial charge in [-0.2, -0.15) is 0 Å². The highest BCUT2D eigenvalue weighted by molar-refractivity contribution is 5.95. The van der Waals surface area contributed by atoms with Gasteiger partial charge in [0.2, 0.25) is 0 Å². The van der Waals surface area contributed by atoms with Gasteiger partial charge in [-0.05, 0) is 85.7 Å². The highest BCUT2D eigenvalue weighted by Gasteiger charge is 2.57. The molecule has 2 saturated carbocycles. The van der Waals surface area contributed by atoms with Gasteiger partial charge in [-0.1, -0.05) is 43.7 Å². The van der Waals surface area contributed by atoms with Crippen molar-refractivity contribution in [3.63, 3.8) is 0 Å². The Bertz CT molecular complexity index is 1120. The zero-order valence-electron chi connectivity index (χ0n) is 20.2. The lowest BCUT2D eigenvalue weighted by Crippen LogP contribution is -2.50. The van der Waals surface area contributed by atoms with Gasteiger partial charge in [0, 0.05) is 12.5 Å². The maximum absolute atomic E-state index is 12.8. The van der Waals surface area contributed by atoms with Crippen molar-refractivity contribution in [3.8, 4) is 0 Å². The number of nitro groups is 1. The second-order valence-electron chi connectivity index (χ2n) is 11.2. The Labute approximate surface area is 200 Å². The van der Waals surface area contributed by atoms with E-state index < -0.39 is 10.9 Å². The van der Waals surface area contributed by atoms with Crippen LogP contribution in [0.4, 0.5) is 5.69 Å². The predicted octanol–water partition coefficient (Wildman–Crippen LogP) is 6.21. The van der Waals surface area contributed by atoms with Crippen LogP contribution in [0.5, 0.6) is 0 Å². The lowest BCUT2D eigenvalue weighted by atomic mass is 9.47. The van der Waals surface area contributed by atoms with E-state index in [1.165, 1.54) is 17.7 Å². The first kappa shape index (κ1) is 23.0. The van der Waals surface area contributed by atoms with Crippen molar-refractivity contribution in [3.05, 3.63) is 63.2 Å². The van der Waals surface area contributed by atoms with E-state index in [0.29, 0.717) is 24.2 Å². The molecule has 6 nitrogen and oxygen atoms in total. The highest BCUT2D eigenvalue weighted by Crippen LogP contribution is 2.65. The lowest BCUT2D eigenvalue weighted by molar-refractivity contribution is -0.385. The van der Waals surface area contributed by atoms with Crippen LogP contribution >= 0.6 is 0 Å². The van der Waals surface area contributed by atoms with Crippen LogP contribution in [-0.2, 0) is 9.53 Å². The number of carbonyl (C=O) groups is 2. The molecule has 6 heteroatoms. The molecule has 2 fully saturated rings. The number of Topliss-reactive ketones (excluding diaryl/α,β-unsaturated/α-hetero) is 1. The van der Waals surface area contributed by atoms with Crippen LogP contribution in [-0.4, -0.2) is 22.8 Å². The van der Waals surface area contributed by atoms with Crippen LogP contribution in [0.1, 0.15) is 76.1 Å². The Morgan fingerprint density at radius 1 is 1.03 bits per heavy atom. The van der Waals surface area contributed by atoms with E-state index in [0.717, 1.165) is 44.1 Å². The molecule has 0 saturated heterocycles. The molecule has 0 spiro atoms. The summed E-state index contributed by atoms with van der Waals surface area (Å²) in [5, 5.41) is 11.3. The third-order valence-electron chi connectivity index (χ3n) is 9.61. The summed E-state index contributed by atoms with van der Waals surface area (Å²) in [4.78, 5) is 35.8. The number of fused-ring (bicyclic) bond motifs is 5. The highest BCUT2D eigenvalue weighted by atomic mass is 16.6. The number of allylic oxidation sites excluding steroid dienone is 3. The van der Waals surface area contributed by atoms with Gasteiger partial charge in [-0.25, -0.2) is 4.79 Å². The van der Waals surface area contributed by atoms with Gasteiger partial charge in [0.05, 0.1) is 4.92 Å². The van der Waals surface area contributed by atoms with Crippen LogP contribution in [0.15, 0.2) is 47.6 Å². The molecule has 6 atom stereocenters. The Morgan fingerprint density at radius 3 is 2.50 bits per heavy atom. The molecule has 0 bridgehead atoms. The standard InChI is InChI=1S/C28H33NO5/c1-17(30)22-10-11-23-20-9-8-18-16-19(12-14-27(18,2)24(20)13-15-28(22,23)3)34-26(31)21-6-4-5-7-25(21)29(32)33/h4-8,10,19-20,23-24H,9,11-16H2,1-3H3/t19-,20-,23-,24-,27-,28+/m0/s1. The average molecular weight is 464 g/mol. The first-order valence-corrected chi connectivity index (χ1v) is 12.5. The van der Waals surface area contributed by atoms with Crippen molar-refractivity contribution in [2.24, 2.45) is 28.6 Å². The number of ketones is 1. The molecule has 0 heterocycles. The molecule has 180 valence electrons. The third kappa shape index (κ3) is 3.45. The first-order valence-electron chi connectivity index (χ1n) is 12.5. The van der Waals surface area contributed by atoms with Crippen LogP contribution < -0.4 is 0 Å². The summed E-state index contributed by atoms with van der Waals surface area (Å²) in [5.74, 6) is 1.29. The average Bonchev–Trinajstić information content (AvgIpc) is 3.16. The summed E-state index contributed by atoms with van der Waals surface area (Å²) in [5.41, 5.74) is 2.31. The summed E-state index contributed by atoms with van der Waals surface area (Å²) < 4.78 is 5.79. The Kier molecular flexibility index (Phi) is 5.53. The minimum atomic E-state index is -0.614. The van der Waals surface area contributed by atoms with Crippen LogP contribution in [0.25, 0.3) is 0 Å². The number of hydrogen-bond acceptors (Lipinski definition) is 5. The minimum Gasteiger partial charge on any atom is -0.458 e. The molecule has 0 unspecified atom stereocenters. The van der Waals surface area contributed by atoms with E-state index >= 15 is 0 Å². The van der Waals surface area contributed by atoms with E-state index in [1.807, 2.05) is 0 Å². The molecular weight excluding hydrogens is 430 g/mol. The predicted molar refractivity (Wildman–Crippen MR) is 128 cm³/mol. The van der Waals surface area contributed by atoms with E-state index in [2.05, 4.69) is 26.0 Å². The Morgan fingerprint density at radius 2 is 1.76 bits per heavy atom. The molecular formula is C28H33NO5. The second kappa shape index (κ2) is 8.17. The van der Waals surface area contributed by atoms with Gasteiger partial charge in [0.15, 0.2) is 5.78 Å². The summed E-state index contributed by atoms with van der Waals surface area (Å²) in [6, 6.07) is 5.97. The van der Waals surface area contributed by atoms with Gasteiger partial charge >= 0.3 is 5.97 Å². The molecule has 34 heavy (non-hydrogen) atoms. The number of hydrogen-bond donors (Lipinski definition) is 0. The summed E-state index contributed by atoms with van der Waals surface area (Å²) in [7, 11) is 0. The first-order chi connectivity index (χ1) is 16.1. The van der Waals surface area contributed by atoms with E-state index in [4.69, 9.17) is 4.74 Å². The second-order valence-corrected chi connectivity index (χ2v) is 11.2. The molecule has 0 amide bonds. The fraction of sp³-hybridized carbons (Fsp3) is 0.571. The number of benzene rings is 1. The summed E-state index contributed by atoms with van der Waals surface area (Å²) >= 11 is 0. The monoisotopic (exact) mass is 463 g/mol. The minimum absolute atomic E-state index is 0.00579. The molecule has 1 aromatic carbocycles. The Hall–Kier alpha value is -2.76. The third-order valence-corrected chi connectivity index (χ3v) is 9.61. The van der Waals surface area contributed by atoms with Crippen LogP contribution in [0, 0.1) is 38.7 Å². The number of nitro benzene ring substituents is 1. The number of esters is 1. The van der Waals surface area contributed by atoms with Crippen molar-refractivity contribution in [2.75, 3.05) is 0 Å². The number of ether oxygens (including phenoxy) is 1. The van der Waals surface area contributed by atoms with E-state index in [1.54, 1.807) is 19.1 Å². The van der Waals surface area contributed by atoms with Gasteiger partial charge in [0.25, 0.3) is 5.69 Å². The molecule has 4 aliphatic rings. The topological polar surface area (TPSA) is 86.5 Å². The van der Waals surface area contributed by atoms with Crippen molar-refractivity contribution in [1.82, 2.24) is 0 Å². The van der Waals surface area contributed by atoms with Crippen molar-refractivity contribution < 1.29 is 19.2 Å². The molecule has 0 aromatic heterocycles. The molecule has 0 N–H and O–H groups in total. The van der Waals surface area contributed by atoms with Gasteiger partial charge in [0.1, 0.15) is 11.7 Å². The SMILES string of the molecule is CC(=O)C1=CC[C@H]2[C@@H]3CC=C4C[C@@H](OC(=O)c5ccccc5[N+](=O)[O-])CC[C@]4(C)[C@H]3CC[C@]12C. The fourth-order valence-corrected chi connectivity index (χ4v) is 7.86. The number of para-hydroxylation sites is 1. The van der Waals surface area contributed by atoms with E-state index in [-0.39, 0.29) is 34.0 Å². The maximum atomic E-state index is 12.8. The van der Waals surface area contributed by atoms with E-state index in [9.17, 15) is 19.7 Å². The normalized spacial score (nSPS) is 36.3. The molecule has 1 aromatic rings. The Balaban J connectivity index is 1.32. The van der Waals surface area contributed by atoms with Crippen molar-refractivity contribution >= 4 is 17.4 Å². The fourth-order valence-electron chi connectivity index (χ4n) is 7.86. The van der Waals surface area contributed by atoms with Crippen LogP contribution in [0.2, 0.25) is 0 Å². The van der Waals surface area contributed by atoms with Crippen LogP contribution in [0.3, 0.4) is 0 Å². The molecule has 0 radical (unpaired) electrons.